The Bertz CT molecular complexity index is 663. The summed E-state index contributed by atoms with van der Waals surface area (Å²) in [5.74, 6) is -0.390. The summed E-state index contributed by atoms with van der Waals surface area (Å²) in [4.78, 5) is 11.9. The van der Waals surface area contributed by atoms with Gasteiger partial charge in [-0.3, -0.25) is 0 Å². The number of amides is 2. The van der Waals surface area contributed by atoms with Crippen molar-refractivity contribution in [2.24, 2.45) is 0 Å². The van der Waals surface area contributed by atoms with E-state index < -0.39 is 21.9 Å². The fraction of sp³-hybridized carbons (Fsp3) is 0.500. The summed E-state index contributed by atoms with van der Waals surface area (Å²) >= 11 is 0. The van der Waals surface area contributed by atoms with E-state index in [0.717, 1.165) is 6.26 Å². The number of sulfonamides is 1. The van der Waals surface area contributed by atoms with Gasteiger partial charge in [0.2, 0.25) is 10.0 Å². The molecular formula is C14H20FN3O3S. The summed E-state index contributed by atoms with van der Waals surface area (Å²) in [6, 6.07) is 3.72. The maximum absolute atomic E-state index is 13.4. The van der Waals surface area contributed by atoms with Crippen molar-refractivity contribution in [2.45, 2.75) is 25.8 Å². The molecule has 122 valence electrons. The van der Waals surface area contributed by atoms with E-state index in [4.69, 9.17) is 0 Å². The van der Waals surface area contributed by atoms with Crippen LogP contribution in [0, 0.1) is 12.7 Å². The number of hydrogen-bond donors (Lipinski definition) is 2. The zero-order chi connectivity index (χ0) is 16.3. The Balaban J connectivity index is 1.92. The summed E-state index contributed by atoms with van der Waals surface area (Å²) in [7, 11) is -3.25. The van der Waals surface area contributed by atoms with E-state index >= 15 is 0 Å². The maximum Gasteiger partial charge on any atom is 0.319 e. The SMILES string of the molecule is Cc1ccc(NC(=O)NC2CCCN(S(C)(=O)=O)C2)cc1F. The third-order valence-electron chi connectivity index (χ3n) is 3.62. The largest absolute Gasteiger partial charge is 0.334 e. The molecule has 1 unspecified atom stereocenters. The number of carbonyl (C=O) groups excluding carboxylic acids is 1. The van der Waals surface area contributed by atoms with Crippen molar-refractivity contribution in [2.75, 3.05) is 24.7 Å². The highest BCUT2D eigenvalue weighted by molar-refractivity contribution is 7.88. The van der Waals surface area contributed by atoms with Gasteiger partial charge in [0.05, 0.1) is 6.26 Å². The molecule has 1 aliphatic heterocycles. The fourth-order valence-electron chi connectivity index (χ4n) is 2.38. The molecule has 0 aliphatic carbocycles. The number of piperidine rings is 1. The fourth-order valence-corrected chi connectivity index (χ4v) is 3.30. The van der Waals surface area contributed by atoms with Crippen molar-refractivity contribution >= 4 is 21.7 Å². The van der Waals surface area contributed by atoms with Crippen LogP contribution in [0.15, 0.2) is 18.2 Å². The average Bonchev–Trinajstić information content (AvgIpc) is 2.42. The minimum atomic E-state index is -3.25. The lowest BCUT2D eigenvalue weighted by molar-refractivity contribution is 0.236. The highest BCUT2D eigenvalue weighted by atomic mass is 32.2. The van der Waals surface area contributed by atoms with Gasteiger partial charge in [-0.1, -0.05) is 6.07 Å². The minimum Gasteiger partial charge on any atom is -0.334 e. The molecule has 2 N–H and O–H groups in total. The average molecular weight is 329 g/mol. The molecule has 6 nitrogen and oxygen atoms in total. The van der Waals surface area contributed by atoms with Gasteiger partial charge in [0.1, 0.15) is 5.82 Å². The standard InChI is InChI=1S/C14H20FN3O3S/c1-10-5-6-11(8-13(10)15)16-14(19)17-12-4-3-7-18(9-12)22(2,20)21/h5-6,8,12H,3-4,7,9H2,1-2H3,(H2,16,17,19). The monoisotopic (exact) mass is 329 g/mol. The molecule has 1 aromatic rings. The van der Waals surface area contributed by atoms with E-state index in [-0.39, 0.29) is 12.6 Å². The first-order chi connectivity index (χ1) is 10.3. The van der Waals surface area contributed by atoms with Gasteiger partial charge in [0.25, 0.3) is 0 Å². The number of benzene rings is 1. The Kier molecular flexibility index (Phi) is 5.02. The lowest BCUT2D eigenvalue weighted by Gasteiger charge is -2.31. The first kappa shape index (κ1) is 16.7. The number of hydrogen-bond acceptors (Lipinski definition) is 3. The molecule has 0 aromatic heterocycles. The molecule has 0 saturated carbocycles. The van der Waals surface area contributed by atoms with Crippen LogP contribution in [-0.2, 0) is 10.0 Å². The van der Waals surface area contributed by atoms with Gasteiger partial charge >= 0.3 is 6.03 Å². The first-order valence-electron chi connectivity index (χ1n) is 7.04. The molecule has 0 radical (unpaired) electrons. The maximum atomic E-state index is 13.4. The number of rotatable bonds is 3. The second-order valence-electron chi connectivity index (χ2n) is 5.52. The number of anilines is 1. The van der Waals surface area contributed by atoms with Crippen molar-refractivity contribution in [3.63, 3.8) is 0 Å². The number of nitrogens with zero attached hydrogens (tertiary/aromatic N) is 1. The number of halogens is 1. The number of aryl methyl sites for hydroxylation is 1. The Morgan fingerprint density at radius 3 is 2.77 bits per heavy atom. The van der Waals surface area contributed by atoms with Gasteiger partial charge in [-0.15, -0.1) is 0 Å². The van der Waals surface area contributed by atoms with Crippen LogP contribution in [0.25, 0.3) is 0 Å². The number of nitrogens with one attached hydrogen (secondary N) is 2. The molecular weight excluding hydrogens is 309 g/mol. The highest BCUT2D eigenvalue weighted by Gasteiger charge is 2.26. The van der Waals surface area contributed by atoms with Crippen LogP contribution in [0.2, 0.25) is 0 Å². The quantitative estimate of drug-likeness (QED) is 0.885. The van der Waals surface area contributed by atoms with Gasteiger partial charge in [-0.25, -0.2) is 21.9 Å². The molecule has 22 heavy (non-hydrogen) atoms. The van der Waals surface area contributed by atoms with Gasteiger partial charge in [-0.05, 0) is 37.5 Å². The predicted molar refractivity (Wildman–Crippen MR) is 82.7 cm³/mol. The molecule has 1 saturated heterocycles. The molecule has 1 heterocycles. The van der Waals surface area contributed by atoms with Crippen LogP contribution in [0.4, 0.5) is 14.9 Å². The van der Waals surface area contributed by atoms with Gasteiger partial charge in [0, 0.05) is 24.8 Å². The van der Waals surface area contributed by atoms with Crippen LogP contribution < -0.4 is 10.6 Å². The minimum absolute atomic E-state index is 0.251. The lowest BCUT2D eigenvalue weighted by atomic mass is 10.1. The second-order valence-corrected chi connectivity index (χ2v) is 7.51. The van der Waals surface area contributed by atoms with E-state index in [1.54, 1.807) is 19.1 Å². The summed E-state index contributed by atoms with van der Waals surface area (Å²) in [5, 5.41) is 5.28. The molecule has 2 amide bonds. The third-order valence-corrected chi connectivity index (χ3v) is 4.89. The molecule has 1 atom stereocenters. The smallest absolute Gasteiger partial charge is 0.319 e. The topological polar surface area (TPSA) is 78.5 Å². The van der Waals surface area contributed by atoms with Crippen molar-refractivity contribution in [1.29, 1.82) is 0 Å². The van der Waals surface area contributed by atoms with Crippen molar-refractivity contribution in [3.8, 4) is 0 Å². The molecule has 0 bridgehead atoms. The Labute approximate surface area is 129 Å². The zero-order valence-electron chi connectivity index (χ0n) is 12.6. The van der Waals surface area contributed by atoms with Crippen LogP contribution >= 0.6 is 0 Å². The second kappa shape index (κ2) is 6.62. The van der Waals surface area contributed by atoms with Crippen LogP contribution in [-0.4, -0.2) is 44.1 Å². The number of urea groups is 1. The lowest BCUT2D eigenvalue weighted by Crippen LogP contribution is -2.50. The molecule has 0 spiro atoms. The van der Waals surface area contributed by atoms with E-state index in [1.807, 2.05) is 0 Å². The summed E-state index contributed by atoms with van der Waals surface area (Å²) in [6.07, 6.45) is 2.56. The number of carbonyl (C=O) groups is 1. The van der Waals surface area contributed by atoms with E-state index in [9.17, 15) is 17.6 Å². The molecule has 1 aliphatic rings. The van der Waals surface area contributed by atoms with E-state index in [1.165, 1.54) is 10.4 Å². The Morgan fingerprint density at radius 2 is 2.14 bits per heavy atom. The highest BCUT2D eigenvalue weighted by Crippen LogP contribution is 2.15. The van der Waals surface area contributed by atoms with Crippen LogP contribution in [0.1, 0.15) is 18.4 Å². The van der Waals surface area contributed by atoms with Gasteiger partial charge < -0.3 is 10.6 Å². The molecule has 8 heteroatoms. The molecule has 1 aromatic carbocycles. The van der Waals surface area contributed by atoms with E-state index in [2.05, 4.69) is 10.6 Å². The van der Waals surface area contributed by atoms with Gasteiger partial charge in [-0.2, -0.15) is 0 Å². The van der Waals surface area contributed by atoms with Crippen molar-refractivity contribution in [3.05, 3.63) is 29.6 Å². The van der Waals surface area contributed by atoms with Gasteiger partial charge in [0.15, 0.2) is 0 Å². The van der Waals surface area contributed by atoms with Crippen LogP contribution in [0.3, 0.4) is 0 Å². The Hall–Kier alpha value is -1.67. The van der Waals surface area contributed by atoms with E-state index in [0.29, 0.717) is 30.6 Å². The predicted octanol–water partition coefficient (Wildman–Crippen LogP) is 1.68. The molecule has 1 fully saturated rings. The van der Waals surface area contributed by atoms with Crippen molar-refractivity contribution in [1.82, 2.24) is 9.62 Å². The van der Waals surface area contributed by atoms with Crippen LogP contribution in [0.5, 0.6) is 0 Å². The Morgan fingerprint density at radius 1 is 1.41 bits per heavy atom. The molecule has 2 rings (SSSR count). The normalized spacial score (nSPS) is 19.7. The summed E-state index contributed by atoms with van der Waals surface area (Å²) in [5.41, 5.74) is 0.860. The summed E-state index contributed by atoms with van der Waals surface area (Å²) in [6.45, 7) is 2.37. The van der Waals surface area contributed by atoms with Crippen molar-refractivity contribution < 1.29 is 17.6 Å². The third kappa shape index (κ3) is 4.41. The zero-order valence-corrected chi connectivity index (χ0v) is 13.4. The summed E-state index contributed by atoms with van der Waals surface area (Å²) < 4.78 is 37.8. The first-order valence-corrected chi connectivity index (χ1v) is 8.89.